The number of hydrogen-bond donors (Lipinski definition) is 2. The van der Waals surface area contributed by atoms with E-state index in [1.165, 1.54) is 0 Å². The highest BCUT2D eigenvalue weighted by molar-refractivity contribution is 9.10. The van der Waals surface area contributed by atoms with E-state index in [4.69, 9.17) is 10.5 Å². The predicted octanol–water partition coefficient (Wildman–Crippen LogP) is 3.10. The van der Waals surface area contributed by atoms with Crippen molar-refractivity contribution in [2.24, 2.45) is 0 Å². The fraction of sp³-hybridized carbons (Fsp3) is 0.143. The second-order valence-corrected chi connectivity index (χ2v) is 4.86. The van der Waals surface area contributed by atoms with E-state index in [0.29, 0.717) is 23.6 Å². The molecule has 94 valence electrons. The Bertz CT molecular complexity index is 543. The van der Waals surface area contributed by atoms with E-state index in [0.717, 1.165) is 10.0 Å². The van der Waals surface area contributed by atoms with Gasteiger partial charge < -0.3 is 15.6 Å². The van der Waals surface area contributed by atoms with Crippen LogP contribution < -0.4 is 10.5 Å². The van der Waals surface area contributed by atoms with E-state index in [-0.39, 0.29) is 6.61 Å². The molecule has 0 unspecified atom stereocenters. The summed E-state index contributed by atoms with van der Waals surface area (Å²) in [6.45, 7) is 0.370. The smallest absolute Gasteiger partial charge is 0.125 e. The van der Waals surface area contributed by atoms with Crippen molar-refractivity contribution in [1.82, 2.24) is 0 Å². The van der Waals surface area contributed by atoms with Gasteiger partial charge in [-0.1, -0.05) is 28.1 Å². The number of halogens is 1. The van der Waals surface area contributed by atoms with E-state index in [2.05, 4.69) is 15.9 Å². The SMILES string of the molecule is Nc1ccc(OCc2cccc(Br)c2)c(CO)c1. The van der Waals surface area contributed by atoms with Gasteiger partial charge in [0, 0.05) is 15.7 Å². The summed E-state index contributed by atoms with van der Waals surface area (Å²) < 4.78 is 6.70. The zero-order valence-electron chi connectivity index (χ0n) is 9.77. The van der Waals surface area contributed by atoms with Gasteiger partial charge in [0.2, 0.25) is 0 Å². The van der Waals surface area contributed by atoms with Crippen molar-refractivity contribution in [1.29, 1.82) is 0 Å². The normalized spacial score (nSPS) is 10.3. The van der Waals surface area contributed by atoms with Gasteiger partial charge in [-0.3, -0.25) is 0 Å². The Kier molecular flexibility index (Phi) is 4.23. The van der Waals surface area contributed by atoms with E-state index in [9.17, 15) is 5.11 Å². The second-order valence-electron chi connectivity index (χ2n) is 3.94. The molecule has 0 aliphatic heterocycles. The van der Waals surface area contributed by atoms with Crippen LogP contribution in [0.4, 0.5) is 5.69 Å². The standard InChI is InChI=1S/C14H14BrNO2/c15-12-3-1-2-10(6-12)9-18-14-5-4-13(16)7-11(14)8-17/h1-7,17H,8-9,16H2. The van der Waals surface area contributed by atoms with E-state index in [1.807, 2.05) is 24.3 Å². The lowest BCUT2D eigenvalue weighted by molar-refractivity contribution is 0.259. The Morgan fingerprint density at radius 1 is 1.17 bits per heavy atom. The third-order valence-electron chi connectivity index (χ3n) is 2.54. The molecule has 0 fully saturated rings. The Morgan fingerprint density at radius 2 is 2.00 bits per heavy atom. The minimum Gasteiger partial charge on any atom is -0.489 e. The molecule has 18 heavy (non-hydrogen) atoms. The van der Waals surface area contributed by atoms with Gasteiger partial charge in [0.25, 0.3) is 0 Å². The molecule has 0 aromatic heterocycles. The number of rotatable bonds is 4. The minimum atomic E-state index is -0.0845. The molecule has 0 atom stereocenters. The van der Waals surface area contributed by atoms with Crippen LogP contribution in [0.3, 0.4) is 0 Å². The molecule has 0 spiro atoms. The first-order valence-corrected chi connectivity index (χ1v) is 6.35. The van der Waals surface area contributed by atoms with Gasteiger partial charge in [-0.25, -0.2) is 0 Å². The molecule has 0 amide bonds. The molecular formula is C14H14BrNO2. The molecule has 3 nitrogen and oxygen atoms in total. The molecule has 0 bridgehead atoms. The molecule has 0 aliphatic rings. The Labute approximate surface area is 114 Å². The van der Waals surface area contributed by atoms with Crippen molar-refractivity contribution in [3.05, 3.63) is 58.1 Å². The lowest BCUT2D eigenvalue weighted by Crippen LogP contribution is -1.99. The number of hydrogen-bond acceptors (Lipinski definition) is 3. The molecule has 0 saturated heterocycles. The van der Waals surface area contributed by atoms with Gasteiger partial charge in [-0.2, -0.15) is 0 Å². The Hall–Kier alpha value is -1.52. The summed E-state index contributed by atoms with van der Waals surface area (Å²) in [4.78, 5) is 0. The maximum Gasteiger partial charge on any atom is 0.125 e. The van der Waals surface area contributed by atoms with Gasteiger partial charge in [-0.05, 0) is 35.9 Å². The molecule has 2 rings (SSSR count). The van der Waals surface area contributed by atoms with Crippen molar-refractivity contribution in [2.45, 2.75) is 13.2 Å². The van der Waals surface area contributed by atoms with Crippen LogP contribution in [0.15, 0.2) is 46.9 Å². The number of anilines is 1. The maximum absolute atomic E-state index is 9.24. The molecule has 2 aromatic carbocycles. The van der Waals surface area contributed by atoms with Crippen LogP contribution in [0.25, 0.3) is 0 Å². The minimum absolute atomic E-state index is 0.0845. The number of aliphatic hydroxyl groups excluding tert-OH is 1. The van der Waals surface area contributed by atoms with Crippen molar-refractivity contribution in [2.75, 3.05) is 5.73 Å². The van der Waals surface area contributed by atoms with Crippen LogP contribution in [0.2, 0.25) is 0 Å². The largest absolute Gasteiger partial charge is 0.489 e. The third-order valence-corrected chi connectivity index (χ3v) is 3.03. The summed E-state index contributed by atoms with van der Waals surface area (Å²) in [6, 6.07) is 13.2. The molecule has 0 radical (unpaired) electrons. The first-order chi connectivity index (χ1) is 8.69. The number of aliphatic hydroxyl groups is 1. The van der Waals surface area contributed by atoms with Crippen LogP contribution in [0.1, 0.15) is 11.1 Å². The summed E-state index contributed by atoms with van der Waals surface area (Å²) in [5, 5.41) is 9.24. The Morgan fingerprint density at radius 3 is 2.72 bits per heavy atom. The molecule has 3 N–H and O–H groups in total. The quantitative estimate of drug-likeness (QED) is 0.853. The highest BCUT2D eigenvalue weighted by atomic mass is 79.9. The lowest BCUT2D eigenvalue weighted by Gasteiger charge is -2.11. The summed E-state index contributed by atoms with van der Waals surface area (Å²) >= 11 is 3.41. The maximum atomic E-state index is 9.24. The average Bonchev–Trinajstić information content (AvgIpc) is 2.37. The van der Waals surface area contributed by atoms with Gasteiger partial charge in [0.15, 0.2) is 0 Å². The summed E-state index contributed by atoms with van der Waals surface area (Å²) in [5.74, 6) is 0.659. The van der Waals surface area contributed by atoms with Crippen LogP contribution >= 0.6 is 15.9 Å². The van der Waals surface area contributed by atoms with Crippen molar-refractivity contribution in [3.8, 4) is 5.75 Å². The third kappa shape index (κ3) is 3.24. The van der Waals surface area contributed by atoms with Gasteiger partial charge >= 0.3 is 0 Å². The van der Waals surface area contributed by atoms with Gasteiger partial charge in [0.1, 0.15) is 12.4 Å². The van der Waals surface area contributed by atoms with Crippen molar-refractivity contribution >= 4 is 21.6 Å². The summed E-state index contributed by atoms with van der Waals surface area (Å²) in [7, 11) is 0. The van der Waals surface area contributed by atoms with Crippen LogP contribution in [-0.2, 0) is 13.2 Å². The highest BCUT2D eigenvalue weighted by Crippen LogP contribution is 2.23. The monoisotopic (exact) mass is 307 g/mol. The lowest BCUT2D eigenvalue weighted by atomic mass is 10.2. The molecule has 4 heteroatoms. The molecule has 0 heterocycles. The predicted molar refractivity (Wildman–Crippen MR) is 75.3 cm³/mol. The summed E-state index contributed by atoms with van der Waals surface area (Å²) in [6.07, 6.45) is 0. The van der Waals surface area contributed by atoms with E-state index >= 15 is 0 Å². The van der Waals surface area contributed by atoms with Gasteiger partial charge in [0.05, 0.1) is 6.61 Å². The molecule has 2 aromatic rings. The van der Waals surface area contributed by atoms with E-state index < -0.39 is 0 Å². The zero-order chi connectivity index (χ0) is 13.0. The number of benzene rings is 2. The highest BCUT2D eigenvalue weighted by Gasteiger charge is 2.04. The van der Waals surface area contributed by atoms with Crippen LogP contribution in [0, 0.1) is 0 Å². The number of ether oxygens (including phenoxy) is 1. The second kappa shape index (κ2) is 5.89. The van der Waals surface area contributed by atoms with Crippen LogP contribution in [-0.4, -0.2) is 5.11 Å². The number of nitrogens with two attached hydrogens (primary N) is 1. The average molecular weight is 308 g/mol. The number of nitrogen functional groups attached to an aromatic ring is 1. The first kappa shape index (κ1) is 12.9. The fourth-order valence-electron chi connectivity index (χ4n) is 1.65. The van der Waals surface area contributed by atoms with Crippen molar-refractivity contribution in [3.63, 3.8) is 0 Å². The molecule has 0 saturated carbocycles. The van der Waals surface area contributed by atoms with E-state index in [1.54, 1.807) is 18.2 Å². The zero-order valence-corrected chi connectivity index (χ0v) is 11.4. The summed E-state index contributed by atoms with van der Waals surface area (Å²) in [5.41, 5.74) is 8.04. The molecular weight excluding hydrogens is 294 g/mol. The van der Waals surface area contributed by atoms with Gasteiger partial charge in [-0.15, -0.1) is 0 Å². The molecule has 0 aliphatic carbocycles. The Balaban J connectivity index is 2.10. The topological polar surface area (TPSA) is 55.5 Å². The van der Waals surface area contributed by atoms with Crippen molar-refractivity contribution < 1.29 is 9.84 Å². The first-order valence-electron chi connectivity index (χ1n) is 5.55. The van der Waals surface area contributed by atoms with Crippen LogP contribution in [0.5, 0.6) is 5.75 Å². The fourth-order valence-corrected chi connectivity index (χ4v) is 2.10.